The second-order valence-corrected chi connectivity index (χ2v) is 7.74. The smallest absolute Gasteiger partial charge is 0.220 e. The number of halogens is 1. The van der Waals surface area contributed by atoms with Gasteiger partial charge in [-0.15, -0.1) is 0 Å². The van der Waals surface area contributed by atoms with Gasteiger partial charge in [0, 0.05) is 26.2 Å². The Morgan fingerprint density at radius 1 is 1.00 bits per heavy atom. The van der Waals surface area contributed by atoms with Crippen LogP contribution in [-0.4, -0.2) is 55.7 Å². The molecule has 4 rings (SSSR count). The molecule has 1 saturated heterocycles. The number of hydrogen-bond donors (Lipinski definition) is 2. The van der Waals surface area contributed by atoms with Crippen molar-refractivity contribution in [2.75, 3.05) is 43.0 Å². The zero-order valence-electron chi connectivity index (χ0n) is 15.9. The van der Waals surface area contributed by atoms with Gasteiger partial charge in [-0.2, -0.15) is 4.99 Å². The normalized spacial score (nSPS) is 23.3. The van der Waals surface area contributed by atoms with Crippen molar-refractivity contribution in [2.45, 2.75) is 37.8 Å². The van der Waals surface area contributed by atoms with E-state index in [1.165, 1.54) is 6.07 Å². The Morgan fingerprint density at radius 2 is 1.70 bits per heavy atom. The van der Waals surface area contributed by atoms with Crippen LogP contribution < -0.4 is 21.3 Å². The minimum Gasteiger partial charge on any atom is -0.369 e. The molecule has 0 unspecified atom stereocenters. The van der Waals surface area contributed by atoms with Gasteiger partial charge in [0.25, 0.3) is 0 Å². The summed E-state index contributed by atoms with van der Waals surface area (Å²) in [4.78, 5) is 15.4. The van der Waals surface area contributed by atoms with Crippen LogP contribution in [0.5, 0.6) is 0 Å². The van der Waals surface area contributed by atoms with E-state index in [2.05, 4.69) is 21.8 Å². The van der Waals surface area contributed by atoms with Crippen LogP contribution in [-0.2, 0) is 0 Å². The minimum absolute atomic E-state index is 0.211. The Bertz CT molecular complexity index is 761. The van der Waals surface area contributed by atoms with E-state index in [9.17, 15) is 4.39 Å². The standard InChI is InChI=1S/C19H28FN7/c1-25-9-11-26(12-10-25)15-6-5-14(20)13-16(15)27-18(22)23-17(21)24-19(27)7-3-2-4-8-19/h5-6,13H,2-4,7-12H2,1H3,(H4,21,22,23,24). The number of guanidine groups is 2. The fraction of sp³-hybridized carbons (Fsp3) is 0.579. The maximum Gasteiger partial charge on any atom is 0.220 e. The van der Waals surface area contributed by atoms with Gasteiger partial charge in [0.2, 0.25) is 11.9 Å². The third-order valence-corrected chi connectivity index (χ3v) is 5.87. The first-order valence-corrected chi connectivity index (χ1v) is 9.71. The van der Waals surface area contributed by atoms with E-state index >= 15 is 0 Å². The molecule has 0 bridgehead atoms. The summed E-state index contributed by atoms with van der Waals surface area (Å²) in [5.74, 6) is 0.220. The van der Waals surface area contributed by atoms with Crippen molar-refractivity contribution in [3.63, 3.8) is 0 Å². The van der Waals surface area contributed by atoms with E-state index < -0.39 is 5.66 Å². The predicted octanol–water partition coefficient (Wildman–Crippen LogP) is 1.69. The molecular formula is C19H28FN7. The molecule has 4 N–H and O–H groups in total. The molecule has 1 spiro atoms. The third-order valence-electron chi connectivity index (χ3n) is 5.87. The number of piperazine rings is 1. The molecule has 1 aromatic rings. The summed E-state index contributed by atoms with van der Waals surface area (Å²) in [6.07, 6.45) is 4.92. The molecule has 27 heavy (non-hydrogen) atoms. The van der Waals surface area contributed by atoms with Gasteiger partial charge in [-0.25, -0.2) is 9.38 Å². The van der Waals surface area contributed by atoms with Crippen LogP contribution in [0.4, 0.5) is 15.8 Å². The predicted molar refractivity (Wildman–Crippen MR) is 108 cm³/mol. The SMILES string of the molecule is CN1CCN(c2ccc(F)cc2N2C(N)=NC(N)=NC23CCCCC3)CC1. The van der Waals surface area contributed by atoms with Crippen molar-refractivity contribution >= 4 is 23.3 Å². The summed E-state index contributed by atoms with van der Waals surface area (Å²) in [7, 11) is 2.12. The number of rotatable bonds is 2. The van der Waals surface area contributed by atoms with Crippen LogP contribution in [0.1, 0.15) is 32.1 Å². The largest absolute Gasteiger partial charge is 0.369 e. The Balaban J connectivity index is 1.79. The topological polar surface area (TPSA) is 86.5 Å². The first-order chi connectivity index (χ1) is 13.0. The van der Waals surface area contributed by atoms with Crippen LogP contribution in [0, 0.1) is 5.82 Å². The average molecular weight is 373 g/mol. The van der Waals surface area contributed by atoms with Gasteiger partial charge in [0.1, 0.15) is 11.5 Å². The van der Waals surface area contributed by atoms with Gasteiger partial charge < -0.3 is 21.3 Å². The summed E-state index contributed by atoms with van der Waals surface area (Å²) < 4.78 is 14.3. The van der Waals surface area contributed by atoms with Crippen LogP contribution in [0.15, 0.2) is 28.2 Å². The van der Waals surface area contributed by atoms with Crippen molar-refractivity contribution in [1.82, 2.24) is 4.90 Å². The summed E-state index contributed by atoms with van der Waals surface area (Å²) in [6.45, 7) is 3.71. The quantitative estimate of drug-likeness (QED) is 0.824. The first kappa shape index (κ1) is 18.0. The molecule has 0 amide bonds. The van der Waals surface area contributed by atoms with Crippen LogP contribution in [0.3, 0.4) is 0 Å². The zero-order valence-corrected chi connectivity index (χ0v) is 15.9. The molecule has 0 radical (unpaired) electrons. The van der Waals surface area contributed by atoms with Crippen LogP contribution in [0.2, 0.25) is 0 Å². The lowest BCUT2D eigenvalue weighted by atomic mass is 9.87. The molecule has 0 aromatic heterocycles. The Hall–Kier alpha value is -2.35. The molecule has 2 fully saturated rings. The lowest BCUT2D eigenvalue weighted by molar-refractivity contribution is 0.303. The fourth-order valence-corrected chi connectivity index (χ4v) is 4.46. The van der Waals surface area contributed by atoms with Crippen molar-refractivity contribution in [3.05, 3.63) is 24.0 Å². The van der Waals surface area contributed by atoms with Crippen LogP contribution >= 0.6 is 0 Å². The van der Waals surface area contributed by atoms with Gasteiger partial charge in [-0.05, 0) is 50.9 Å². The second kappa shape index (κ2) is 6.99. The monoisotopic (exact) mass is 373 g/mol. The van der Waals surface area contributed by atoms with E-state index in [1.54, 1.807) is 6.07 Å². The Labute approximate surface area is 159 Å². The van der Waals surface area contributed by atoms with Crippen molar-refractivity contribution in [3.8, 4) is 0 Å². The number of nitrogens with two attached hydrogens (primary N) is 2. The molecule has 1 aromatic carbocycles. The average Bonchev–Trinajstić information content (AvgIpc) is 2.63. The molecule has 3 aliphatic rings. The maximum absolute atomic E-state index is 14.3. The molecule has 1 saturated carbocycles. The summed E-state index contributed by atoms with van der Waals surface area (Å²) in [6, 6.07) is 4.92. The van der Waals surface area contributed by atoms with Gasteiger partial charge in [0.05, 0.1) is 11.4 Å². The van der Waals surface area contributed by atoms with E-state index in [4.69, 9.17) is 16.5 Å². The number of likely N-dealkylation sites (N-methyl/N-ethyl adjacent to an activating group) is 1. The molecule has 2 aliphatic heterocycles. The molecule has 8 heteroatoms. The first-order valence-electron chi connectivity index (χ1n) is 9.71. The molecule has 146 valence electrons. The summed E-state index contributed by atoms with van der Waals surface area (Å²) >= 11 is 0. The Morgan fingerprint density at radius 3 is 2.41 bits per heavy atom. The van der Waals surface area contributed by atoms with Crippen molar-refractivity contribution in [2.24, 2.45) is 21.5 Å². The zero-order chi connectivity index (χ0) is 19.0. The molecule has 1 aliphatic carbocycles. The van der Waals surface area contributed by atoms with E-state index in [0.29, 0.717) is 5.96 Å². The third kappa shape index (κ3) is 3.34. The van der Waals surface area contributed by atoms with Crippen LogP contribution in [0.25, 0.3) is 0 Å². The lowest BCUT2D eigenvalue weighted by Crippen LogP contribution is -2.58. The second-order valence-electron chi connectivity index (χ2n) is 7.74. The van der Waals surface area contributed by atoms with Gasteiger partial charge in [0.15, 0.2) is 0 Å². The highest BCUT2D eigenvalue weighted by Crippen LogP contribution is 2.43. The Kier molecular flexibility index (Phi) is 4.67. The summed E-state index contributed by atoms with van der Waals surface area (Å²) in [5.41, 5.74) is 13.5. The molecule has 0 atom stereocenters. The van der Waals surface area contributed by atoms with Crippen molar-refractivity contribution in [1.29, 1.82) is 0 Å². The van der Waals surface area contributed by atoms with E-state index in [0.717, 1.165) is 69.7 Å². The van der Waals surface area contributed by atoms with E-state index in [-0.39, 0.29) is 11.8 Å². The number of hydrogen-bond acceptors (Lipinski definition) is 7. The van der Waals surface area contributed by atoms with Gasteiger partial charge in [-0.1, -0.05) is 6.42 Å². The van der Waals surface area contributed by atoms with Crippen molar-refractivity contribution < 1.29 is 4.39 Å². The highest BCUT2D eigenvalue weighted by molar-refractivity contribution is 6.07. The summed E-state index contributed by atoms with van der Waals surface area (Å²) in [5, 5.41) is 0. The minimum atomic E-state index is -0.566. The van der Waals surface area contributed by atoms with Gasteiger partial charge in [-0.3, -0.25) is 4.90 Å². The molecular weight excluding hydrogens is 345 g/mol. The highest BCUT2D eigenvalue weighted by Gasteiger charge is 2.43. The number of aliphatic imine (C=N–C) groups is 2. The number of benzene rings is 1. The van der Waals surface area contributed by atoms with Gasteiger partial charge >= 0.3 is 0 Å². The number of anilines is 2. The van der Waals surface area contributed by atoms with E-state index in [1.807, 2.05) is 11.0 Å². The maximum atomic E-state index is 14.3. The number of nitrogens with zero attached hydrogens (tertiary/aromatic N) is 5. The fourth-order valence-electron chi connectivity index (χ4n) is 4.46. The molecule has 2 heterocycles. The highest BCUT2D eigenvalue weighted by atomic mass is 19.1. The lowest BCUT2D eigenvalue weighted by Gasteiger charge is -2.47. The molecule has 7 nitrogen and oxygen atoms in total.